The Bertz CT molecular complexity index is 1020. The molecule has 0 radical (unpaired) electrons. The van der Waals surface area contributed by atoms with E-state index in [1.54, 1.807) is 24.3 Å². The van der Waals surface area contributed by atoms with Crippen molar-refractivity contribution in [2.45, 2.75) is 11.8 Å². The smallest absolute Gasteiger partial charge is 0.284 e. The largest absolute Gasteiger partial charge is 0.336 e. The van der Waals surface area contributed by atoms with Gasteiger partial charge in [0, 0.05) is 37.8 Å². The highest BCUT2D eigenvalue weighted by molar-refractivity contribution is 9.10. The summed E-state index contributed by atoms with van der Waals surface area (Å²) in [5.41, 5.74) is 0.981. The van der Waals surface area contributed by atoms with Crippen LogP contribution in [0.25, 0.3) is 0 Å². The van der Waals surface area contributed by atoms with Crippen molar-refractivity contribution in [1.29, 1.82) is 0 Å². The van der Waals surface area contributed by atoms with E-state index in [1.165, 1.54) is 27.4 Å². The topological polar surface area (TPSA) is 101 Å². The molecule has 148 valence electrons. The number of hydrogen-bond donors (Lipinski definition) is 0. The molecular weight excluding hydrogens is 450 g/mol. The predicted molar refractivity (Wildman–Crippen MR) is 107 cm³/mol. The van der Waals surface area contributed by atoms with Crippen LogP contribution in [0.5, 0.6) is 0 Å². The van der Waals surface area contributed by atoms with Crippen molar-refractivity contribution in [1.82, 2.24) is 9.21 Å². The fourth-order valence-electron chi connectivity index (χ4n) is 2.96. The molecule has 1 fully saturated rings. The van der Waals surface area contributed by atoms with Crippen molar-refractivity contribution in [3.63, 3.8) is 0 Å². The fourth-order valence-corrected chi connectivity index (χ4v) is 4.77. The molecule has 8 nitrogen and oxygen atoms in total. The van der Waals surface area contributed by atoms with Gasteiger partial charge in [0.05, 0.1) is 14.3 Å². The first-order valence-corrected chi connectivity index (χ1v) is 10.7. The Hall–Kier alpha value is -2.30. The summed E-state index contributed by atoms with van der Waals surface area (Å²) in [5, 5.41) is 11.1. The first kappa shape index (κ1) is 20.4. The van der Waals surface area contributed by atoms with E-state index in [0.717, 1.165) is 5.56 Å². The molecule has 0 aromatic heterocycles. The Balaban J connectivity index is 1.71. The number of carbonyl (C=O) groups excluding carboxylic acids is 1. The zero-order valence-corrected chi connectivity index (χ0v) is 17.4. The summed E-state index contributed by atoms with van der Waals surface area (Å²) < 4.78 is 27.1. The molecular formula is C18H18BrN3O5S. The first-order valence-electron chi connectivity index (χ1n) is 8.50. The summed E-state index contributed by atoms with van der Waals surface area (Å²) in [7, 11) is -3.62. The zero-order valence-electron chi connectivity index (χ0n) is 15.0. The fraction of sp³-hybridized carbons (Fsp3) is 0.278. The Kier molecular flexibility index (Phi) is 5.82. The van der Waals surface area contributed by atoms with E-state index >= 15 is 0 Å². The van der Waals surface area contributed by atoms with E-state index < -0.39 is 14.9 Å². The van der Waals surface area contributed by atoms with Crippen molar-refractivity contribution >= 4 is 37.5 Å². The number of piperazine rings is 1. The lowest BCUT2D eigenvalue weighted by molar-refractivity contribution is -0.385. The van der Waals surface area contributed by atoms with Crippen LogP contribution in [-0.4, -0.2) is 54.6 Å². The maximum atomic E-state index is 12.7. The average molecular weight is 468 g/mol. The van der Waals surface area contributed by atoms with Gasteiger partial charge >= 0.3 is 0 Å². The van der Waals surface area contributed by atoms with Crippen LogP contribution in [0.4, 0.5) is 5.69 Å². The van der Waals surface area contributed by atoms with Gasteiger partial charge in [0.15, 0.2) is 0 Å². The minimum Gasteiger partial charge on any atom is -0.336 e. The number of nitrogens with zero attached hydrogens (tertiary/aromatic N) is 3. The summed E-state index contributed by atoms with van der Waals surface area (Å²) >= 11 is 3.09. The quantitative estimate of drug-likeness (QED) is 0.508. The summed E-state index contributed by atoms with van der Waals surface area (Å²) in [5.74, 6) is -0.358. The van der Waals surface area contributed by atoms with Crippen LogP contribution in [0.15, 0.2) is 51.8 Å². The maximum absolute atomic E-state index is 12.7. The number of rotatable bonds is 4. The molecule has 2 aromatic rings. The number of sulfonamides is 1. The van der Waals surface area contributed by atoms with Crippen molar-refractivity contribution in [2.75, 3.05) is 26.2 Å². The van der Waals surface area contributed by atoms with Crippen molar-refractivity contribution in [2.24, 2.45) is 0 Å². The Morgan fingerprint density at radius 3 is 2.25 bits per heavy atom. The highest BCUT2D eigenvalue weighted by atomic mass is 79.9. The van der Waals surface area contributed by atoms with E-state index in [0.29, 0.717) is 4.47 Å². The van der Waals surface area contributed by atoms with E-state index in [2.05, 4.69) is 15.9 Å². The third-order valence-corrected chi connectivity index (χ3v) is 7.16. The lowest BCUT2D eigenvalue weighted by atomic mass is 10.1. The van der Waals surface area contributed by atoms with Gasteiger partial charge in [-0.2, -0.15) is 4.31 Å². The monoisotopic (exact) mass is 467 g/mol. The summed E-state index contributed by atoms with van der Waals surface area (Å²) in [6.45, 7) is 2.65. The van der Waals surface area contributed by atoms with Gasteiger partial charge in [-0.25, -0.2) is 8.42 Å². The average Bonchev–Trinajstić information content (AvgIpc) is 2.68. The molecule has 28 heavy (non-hydrogen) atoms. The number of aryl methyl sites for hydroxylation is 1. The Labute approximate surface area is 171 Å². The number of hydrogen-bond acceptors (Lipinski definition) is 5. The number of benzene rings is 2. The molecule has 3 rings (SSSR count). The minimum absolute atomic E-state index is 0.167. The molecule has 1 aliphatic rings. The van der Waals surface area contributed by atoms with Gasteiger partial charge in [-0.1, -0.05) is 17.7 Å². The molecule has 0 unspecified atom stereocenters. The molecule has 1 amide bonds. The van der Waals surface area contributed by atoms with Gasteiger partial charge in [0.2, 0.25) is 10.0 Å². The van der Waals surface area contributed by atoms with Crippen LogP contribution < -0.4 is 0 Å². The molecule has 0 N–H and O–H groups in total. The molecule has 2 aromatic carbocycles. The third-order valence-electron chi connectivity index (χ3n) is 4.57. The highest BCUT2D eigenvalue weighted by Gasteiger charge is 2.31. The normalized spacial score (nSPS) is 15.4. The molecule has 1 heterocycles. The highest BCUT2D eigenvalue weighted by Crippen LogP contribution is 2.26. The number of halogens is 1. The molecule has 1 aliphatic heterocycles. The second-order valence-electron chi connectivity index (χ2n) is 6.43. The van der Waals surface area contributed by atoms with E-state index in [9.17, 15) is 23.3 Å². The van der Waals surface area contributed by atoms with Crippen LogP contribution in [0.2, 0.25) is 0 Å². The van der Waals surface area contributed by atoms with Crippen molar-refractivity contribution in [3.05, 3.63) is 68.2 Å². The first-order chi connectivity index (χ1) is 13.2. The van der Waals surface area contributed by atoms with Crippen molar-refractivity contribution in [3.8, 4) is 0 Å². The van der Waals surface area contributed by atoms with Crippen LogP contribution in [0.1, 0.15) is 15.9 Å². The molecule has 0 atom stereocenters. The predicted octanol–water partition coefficient (Wildman–Crippen LogP) is 2.81. The van der Waals surface area contributed by atoms with Gasteiger partial charge in [0.1, 0.15) is 0 Å². The van der Waals surface area contributed by atoms with Crippen LogP contribution in [-0.2, 0) is 10.0 Å². The van der Waals surface area contributed by atoms with Gasteiger partial charge < -0.3 is 4.90 Å². The lowest BCUT2D eigenvalue weighted by Gasteiger charge is -2.34. The molecule has 0 bridgehead atoms. The summed E-state index contributed by atoms with van der Waals surface area (Å²) in [6.07, 6.45) is 0. The van der Waals surface area contributed by atoms with E-state index in [4.69, 9.17) is 0 Å². The standard InChI is InChI=1S/C18H18BrN3O5S/c1-13-2-5-15(6-3-13)28(26,27)21-10-8-20(9-11-21)18(23)14-4-7-16(19)17(12-14)22(24)25/h2-7,12H,8-11H2,1H3. The molecule has 1 saturated heterocycles. The third kappa shape index (κ3) is 4.08. The number of nitro benzene ring substituents is 1. The zero-order chi connectivity index (χ0) is 20.5. The lowest BCUT2D eigenvalue weighted by Crippen LogP contribution is -2.50. The van der Waals surface area contributed by atoms with Gasteiger partial charge in [-0.05, 0) is 47.1 Å². The SMILES string of the molecule is Cc1ccc(S(=O)(=O)N2CCN(C(=O)c3ccc(Br)c([N+](=O)[O-])c3)CC2)cc1. The number of nitro groups is 1. The summed E-state index contributed by atoms with van der Waals surface area (Å²) in [4.78, 5) is 24.9. The Morgan fingerprint density at radius 1 is 1.07 bits per heavy atom. The maximum Gasteiger partial charge on any atom is 0.284 e. The molecule has 0 spiro atoms. The van der Waals surface area contributed by atoms with Gasteiger partial charge in [0.25, 0.3) is 11.6 Å². The number of carbonyl (C=O) groups is 1. The minimum atomic E-state index is -3.62. The van der Waals surface area contributed by atoms with Gasteiger partial charge in [-0.3, -0.25) is 14.9 Å². The van der Waals surface area contributed by atoms with Crippen LogP contribution in [0.3, 0.4) is 0 Å². The van der Waals surface area contributed by atoms with E-state index in [-0.39, 0.29) is 48.2 Å². The second-order valence-corrected chi connectivity index (χ2v) is 9.22. The molecule has 10 heteroatoms. The van der Waals surface area contributed by atoms with Crippen LogP contribution >= 0.6 is 15.9 Å². The van der Waals surface area contributed by atoms with Gasteiger partial charge in [-0.15, -0.1) is 0 Å². The van der Waals surface area contributed by atoms with Crippen LogP contribution in [0, 0.1) is 17.0 Å². The summed E-state index contributed by atoms with van der Waals surface area (Å²) in [6, 6.07) is 10.8. The Morgan fingerprint density at radius 2 is 1.68 bits per heavy atom. The molecule has 0 saturated carbocycles. The van der Waals surface area contributed by atoms with E-state index in [1.807, 2.05) is 6.92 Å². The number of amides is 1. The molecule has 0 aliphatic carbocycles. The second kappa shape index (κ2) is 7.98. The van der Waals surface area contributed by atoms with Crippen molar-refractivity contribution < 1.29 is 18.1 Å².